The lowest BCUT2D eigenvalue weighted by molar-refractivity contribution is -0.132. The molecule has 3 nitrogen and oxygen atoms in total. The van der Waals surface area contributed by atoms with Gasteiger partial charge in [-0.25, -0.2) is 0 Å². The largest absolute Gasteiger partial charge is 0.353 e. The number of carbonyl (C=O) groups is 1. The molecule has 1 aliphatic heterocycles. The van der Waals surface area contributed by atoms with Gasteiger partial charge in [0.1, 0.15) is 0 Å². The van der Waals surface area contributed by atoms with E-state index in [1.54, 1.807) is 0 Å². The predicted molar refractivity (Wildman–Crippen MR) is 80.6 cm³/mol. The first-order chi connectivity index (χ1) is 8.99. The lowest BCUT2D eigenvalue weighted by Gasteiger charge is -2.33. The molecule has 0 radical (unpaired) electrons. The van der Waals surface area contributed by atoms with Crippen molar-refractivity contribution in [2.75, 3.05) is 13.1 Å². The minimum absolute atomic E-state index is 0.190. The van der Waals surface area contributed by atoms with E-state index in [0.717, 1.165) is 32.4 Å². The number of carbonyl (C=O) groups excluding carboxylic acids is 1. The van der Waals surface area contributed by atoms with Crippen LogP contribution in [0.3, 0.4) is 0 Å². The minimum Gasteiger partial charge on any atom is -0.353 e. The molecular weight excluding hydrogens is 256 g/mol. The average Bonchev–Trinajstić information content (AvgIpc) is 2.75. The SMILES string of the molecule is Cc1ccc(CC(C)NC(=O)C2(C)CCNCC2)s1. The summed E-state index contributed by atoms with van der Waals surface area (Å²) in [6.45, 7) is 8.20. The quantitative estimate of drug-likeness (QED) is 0.889. The van der Waals surface area contributed by atoms with Crippen LogP contribution in [0.15, 0.2) is 12.1 Å². The van der Waals surface area contributed by atoms with Crippen molar-refractivity contribution in [3.05, 3.63) is 21.9 Å². The van der Waals surface area contributed by atoms with Crippen molar-refractivity contribution >= 4 is 17.2 Å². The van der Waals surface area contributed by atoms with E-state index in [1.165, 1.54) is 9.75 Å². The number of amides is 1. The summed E-state index contributed by atoms with van der Waals surface area (Å²) in [4.78, 5) is 15.1. The maximum atomic E-state index is 12.4. The number of rotatable bonds is 4. The normalized spacial score (nSPS) is 19.9. The average molecular weight is 280 g/mol. The van der Waals surface area contributed by atoms with Gasteiger partial charge in [0.05, 0.1) is 0 Å². The smallest absolute Gasteiger partial charge is 0.226 e. The van der Waals surface area contributed by atoms with Crippen LogP contribution in [0.1, 0.15) is 36.4 Å². The number of hydrogen-bond donors (Lipinski definition) is 2. The second kappa shape index (κ2) is 6.06. The van der Waals surface area contributed by atoms with Gasteiger partial charge in [0.25, 0.3) is 0 Å². The van der Waals surface area contributed by atoms with Crippen LogP contribution in [-0.4, -0.2) is 25.0 Å². The molecule has 19 heavy (non-hydrogen) atoms. The summed E-state index contributed by atoms with van der Waals surface area (Å²) in [6.07, 6.45) is 2.80. The van der Waals surface area contributed by atoms with Gasteiger partial charge in [0.15, 0.2) is 0 Å². The Morgan fingerprint density at radius 1 is 1.47 bits per heavy atom. The molecular formula is C15H24N2OS. The van der Waals surface area contributed by atoms with E-state index >= 15 is 0 Å². The van der Waals surface area contributed by atoms with Crippen molar-refractivity contribution in [1.29, 1.82) is 0 Å². The van der Waals surface area contributed by atoms with Crippen LogP contribution in [0.25, 0.3) is 0 Å². The van der Waals surface area contributed by atoms with Crippen LogP contribution in [0.2, 0.25) is 0 Å². The highest BCUT2D eigenvalue weighted by atomic mass is 32.1. The summed E-state index contributed by atoms with van der Waals surface area (Å²) in [6, 6.07) is 4.51. The van der Waals surface area contributed by atoms with Gasteiger partial charge in [-0.1, -0.05) is 6.92 Å². The third kappa shape index (κ3) is 3.80. The van der Waals surface area contributed by atoms with E-state index in [0.29, 0.717) is 0 Å². The number of hydrogen-bond acceptors (Lipinski definition) is 3. The van der Waals surface area contributed by atoms with Gasteiger partial charge in [0, 0.05) is 27.6 Å². The fraction of sp³-hybridized carbons (Fsp3) is 0.667. The van der Waals surface area contributed by atoms with Gasteiger partial charge < -0.3 is 10.6 Å². The van der Waals surface area contributed by atoms with Crippen molar-refractivity contribution in [3.8, 4) is 0 Å². The van der Waals surface area contributed by atoms with E-state index in [4.69, 9.17) is 0 Å². The Balaban J connectivity index is 1.87. The first-order valence-corrected chi connectivity index (χ1v) is 7.88. The molecule has 1 fully saturated rings. The number of aryl methyl sites for hydroxylation is 1. The van der Waals surface area contributed by atoms with Crippen LogP contribution in [-0.2, 0) is 11.2 Å². The van der Waals surface area contributed by atoms with Gasteiger partial charge in [-0.05, 0) is 51.9 Å². The summed E-state index contributed by atoms with van der Waals surface area (Å²) >= 11 is 1.82. The maximum absolute atomic E-state index is 12.4. The van der Waals surface area contributed by atoms with Gasteiger partial charge in [-0.15, -0.1) is 11.3 Å². The third-order valence-corrected chi connectivity index (χ3v) is 4.96. The van der Waals surface area contributed by atoms with Crippen LogP contribution >= 0.6 is 11.3 Å². The van der Waals surface area contributed by atoms with E-state index in [9.17, 15) is 4.79 Å². The molecule has 1 amide bonds. The van der Waals surface area contributed by atoms with E-state index in [2.05, 4.69) is 43.5 Å². The molecule has 1 saturated heterocycles. The lowest BCUT2D eigenvalue weighted by atomic mass is 9.80. The molecule has 1 aliphatic rings. The molecule has 0 aliphatic carbocycles. The first-order valence-electron chi connectivity index (χ1n) is 7.07. The van der Waals surface area contributed by atoms with Gasteiger partial charge in [0.2, 0.25) is 5.91 Å². The van der Waals surface area contributed by atoms with E-state index < -0.39 is 0 Å². The Labute approximate surface area is 119 Å². The molecule has 1 atom stereocenters. The minimum atomic E-state index is -0.190. The van der Waals surface area contributed by atoms with Crippen molar-refractivity contribution in [1.82, 2.24) is 10.6 Å². The molecule has 1 aromatic rings. The molecule has 0 saturated carbocycles. The lowest BCUT2D eigenvalue weighted by Crippen LogP contribution is -2.48. The highest BCUT2D eigenvalue weighted by Gasteiger charge is 2.34. The molecule has 2 N–H and O–H groups in total. The van der Waals surface area contributed by atoms with E-state index in [1.807, 2.05) is 11.3 Å². The molecule has 1 aromatic heterocycles. The monoisotopic (exact) mass is 280 g/mol. The Hall–Kier alpha value is -0.870. The molecule has 106 valence electrons. The molecule has 0 spiro atoms. The summed E-state index contributed by atoms with van der Waals surface area (Å²) in [5.41, 5.74) is -0.190. The zero-order chi connectivity index (χ0) is 13.9. The zero-order valence-electron chi connectivity index (χ0n) is 12.1. The highest BCUT2D eigenvalue weighted by Crippen LogP contribution is 2.28. The highest BCUT2D eigenvalue weighted by molar-refractivity contribution is 7.11. The summed E-state index contributed by atoms with van der Waals surface area (Å²) < 4.78 is 0. The first kappa shape index (κ1) is 14.5. The number of nitrogens with one attached hydrogen (secondary N) is 2. The van der Waals surface area contributed by atoms with Crippen molar-refractivity contribution < 1.29 is 4.79 Å². The summed E-state index contributed by atoms with van der Waals surface area (Å²) in [5, 5.41) is 6.50. The molecule has 4 heteroatoms. The molecule has 0 aromatic carbocycles. The standard InChI is InChI=1S/C15H24N2OS/c1-11(10-13-5-4-12(2)19-13)17-14(18)15(3)6-8-16-9-7-15/h4-5,11,16H,6-10H2,1-3H3,(H,17,18). The molecule has 2 heterocycles. The van der Waals surface area contributed by atoms with Crippen LogP contribution in [0.4, 0.5) is 0 Å². The fourth-order valence-electron chi connectivity index (χ4n) is 2.55. The van der Waals surface area contributed by atoms with Crippen molar-refractivity contribution in [3.63, 3.8) is 0 Å². The van der Waals surface area contributed by atoms with Crippen LogP contribution in [0, 0.1) is 12.3 Å². The topological polar surface area (TPSA) is 41.1 Å². The van der Waals surface area contributed by atoms with Crippen molar-refractivity contribution in [2.24, 2.45) is 5.41 Å². The predicted octanol–water partition coefficient (Wildman–Crippen LogP) is 2.49. The van der Waals surface area contributed by atoms with Crippen LogP contribution < -0.4 is 10.6 Å². The summed E-state index contributed by atoms with van der Waals surface area (Å²) in [5.74, 6) is 0.217. The molecule has 1 unspecified atom stereocenters. The second-order valence-corrected chi connectivity index (χ2v) is 7.27. The zero-order valence-corrected chi connectivity index (χ0v) is 12.9. The van der Waals surface area contributed by atoms with E-state index in [-0.39, 0.29) is 17.4 Å². The van der Waals surface area contributed by atoms with Gasteiger partial charge >= 0.3 is 0 Å². The number of thiophene rings is 1. The van der Waals surface area contributed by atoms with Gasteiger partial charge in [-0.2, -0.15) is 0 Å². The number of piperidine rings is 1. The Bertz CT molecular complexity index is 435. The fourth-order valence-corrected chi connectivity index (χ4v) is 3.57. The van der Waals surface area contributed by atoms with Crippen molar-refractivity contribution in [2.45, 2.75) is 46.1 Å². The van der Waals surface area contributed by atoms with Gasteiger partial charge in [-0.3, -0.25) is 4.79 Å². The molecule has 2 rings (SSSR count). The Morgan fingerprint density at radius 3 is 2.74 bits per heavy atom. The second-order valence-electron chi connectivity index (χ2n) is 5.90. The third-order valence-electron chi connectivity index (χ3n) is 3.94. The maximum Gasteiger partial charge on any atom is 0.226 e. The Kier molecular flexibility index (Phi) is 4.63. The summed E-state index contributed by atoms with van der Waals surface area (Å²) in [7, 11) is 0. The van der Waals surface area contributed by atoms with Crippen LogP contribution in [0.5, 0.6) is 0 Å². The Morgan fingerprint density at radius 2 is 2.16 bits per heavy atom. The molecule has 0 bridgehead atoms.